The first-order chi connectivity index (χ1) is 8.04. The number of nitro benzene ring substituents is 1. The molecule has 1 aromatic carbocycles. The number of nitrogens with two attached hydrogens (primary N) is 1. The van der Waals surface area contributed by atoms with Crippen LogP contribution in [-0.4, -0.2) is 24.0 Å². The van der Waals surface area contributed by atoms with Crippen LogP contribution in [0.5, 0.6) is 0 Å². The van der Waals surface area contributed by atoms with Crippen molar-refractivity contribution in [2.45, 2.75) is 6.92 Å². The van der Waals surface area contributed by atoms with E-state index < -0.39 is 10.9 Å². The summed E-state index contributed by atoms with van der Waals surface area (Å²) in [4.78, 5) is 21.0. The molecule has 0 spiro atoms. The second-order valence-corrected chi connectivity index (χ2v) is 3.19. The first-order valence-electron chi connectivity index (χ1n) is 4.98. The minimum absolute atomic E-state index is 0.0319. The van der Waals surface area contributed by atoms with Gasteiger partial charge in [-0.25, -0.2) is 0 Å². The van der Waals surface area contributed by atoms with Crippen molar-refractivity contribution in [1.29, 1.82) is 0 Å². The van der Waals surface area contributed by atoms with Crippen LogP contribution in [0.4, 0.5) is 17.1 Å². The molecule has 92 valence electrons. The molecule has 0 heterocycles. The van der Waals surface area contributed by atoms with E-state index in [4.69, 9.17) is 10.5 Å². The molecule has 17 heavy (non-hydrogen) atoms. The second-order valence-electron chi connectivity index (χ2n) is 3.19. The maximum atomic E-state index is 11.1. The van der Waals surface area contributed by atoms with E-state index in [2.05, 4.69) is 5.32 Å². The minimum atomic E-state index is -0.536. The summed E-state index contributed by atoms with van der Waals surface area (Å²) in [5, 5.41) is 13.2. The Hall–Kier alpha value is -2.31. The molecule has 0 aliphatic heterocycles. The summed E-state index contributed by atoms with van der Waals surface area (Å²) >= 11 is 0. The molecule has 0 bridgehead atoms. The Morgan fingerprint density at radius 3 is 2.82 bits per heavy atom. The molecule has 1 aromatic rings. The lowest BCUT2D eigenvalue weighted by Gasteiger charge is -2.08. The summed E-state index contributed by atoms with van der Waals surface area (Å²) in [6, 6.07) is 3.99. The Morgan fingerprint density at radius 2 is 2.29 bits per heavy atom. The number of nitro groups is 1. The summed E-state index contributed by atoms with van der Waals surface area (Å²) in [7, 11) is 0. The number of anilines is 2. The van der Waals surface area contributed by atoms with Gasteiger partial charge in [0, 0.05) is 12.1 Å². The van der Waals surface area contributed by atoms with Gasteiger partial charge in [0.15, 0.2) is 0 Å². The van der Waals surface area contributed by atoms with Gasteiger partial charge in [-0.15, -0.1) is 0 Å². The second kappa shape index (κ2) is 5.69. The summed E-state index contributed by atoms with van der Waals surface area (Å²) in [6.45, 7) is 1.98. The van der Waals surface area contributed by atoms with Gasteiger partial charge in [-0.3, -0.25) is 14.9 Å². The maximum Gasteiger partial charge on any atom is 0.325 e. The zero-order valence-corrected chi connectivity index (χ0v) is 9.30. The molecule has 0 saturated heterocycles. The Balaban J connectivity index is 2.66. The van der Waals surface area contributed by atoms with Crippen molar-refractivity contribution in [3.8, 4) is 0 Å². The maximum absolute atomic E-state index is 11.1. The van der Waals surface area contributed by atoms with E-state index in [1.807, 2.05) is 0 Å². The average Bonchev–Trinajstić information content (AvgIpc) is 2.27. The van der Waals surface area contributed by atoms with Gasteiger partial charge >= 0.3 is 5.97 Å². The van der Waals surface area contributed by atoms with Gasteiger partial charge in [-0.1, -0.05) is 0 Å². The lowest BCUT2D eigenvalue weighted by atomic mass is 10.2. The standard InChI is InChI=1S/C10H13N3O4/c1-2-17-10(14)6-12-9-4-3-7(13(15)16)5-8(9)11/h3-5,12H,2,6,11H2,1H3. The normalized spacial score (nSPS) is 9.71. The number of hydrogen-bond acceptors (Lipinski definition) is 6. The topological polar surface area (TPSA) is 107 Å². The number of esters is 1. The van der Waals surface area contributed by atoms with Crippen LogP contribution in [0.2, 0.25) is 0 Å². The van der Waals surface area contributed by atoms with Crippen molar-refractivity contribution in [2.75, 3.05) is 24.2 Å². The lowest BCUT2D eigenvalue weighted by Crippen LogP contribution is -2.17. The Bertz CT molecular complexity index is 434. The molecule has 0 saturated carbocycles. The largest absolute Gasteiger partial charge is 0.465 e. The van der Waals surface area contributed by atoms with Crippen LogP contribution in [0.3, 0.4) is 0 Å². The van der Waals surface area contributed by atoms with E-state index >= 15 is 0 Å². The number of non-ortho nitro benzene ring substituents is 1. The number of rotatable bonds is 5. The quantitative estimate of drug-likeness (QED) is 0.345. The molecule has 0 unspecified atom stereocenters. The van der Waals surface area contributed by atoms with E-state index in [1.54, 1.807) is 6.92 Å². The van der Waals surface area contributed by atoms with Crippen molar-refractivity contribution in [2.24, 2.45) is 0 Å². The fourth-order valence-electron chi connectivity index (χ4n) is 1.20. The summed E-state index contributed by atoms with van der Waals surface area (Å²) in [6.07, 6.45) is 0. The highest BCUT2D eigenvalue weighted by molar-refractivity contribution is 5.78. The van der Waals surface area contributed by atoms with Gasteiger partial charge in [0.25, 0.3) is 5.69 Å². The number of nitrogen functional groups attached to an aromatic ring is 1. The van der Waals surface area contributed by atoms with Gasteiger partial charge in [0.1, 0.15) is 6.54 Å². The smallest absolute Gasteiger partial charge is 0.325 e. The molecule has 0 fully saturated rings. The molecule has 7 heteroatoms. The molecule has 0 radical (unpaired) electrons. The zero-order valence-electron chi connectivity index (χ0n) is 9.30. The molecular formula is C10H13N3O4. The Labute approximate surface area is 97.7 Å². The summed E-state index contributed by atoms with van der Waals surface area (Å²) in [5.41, 5.74) is 6.18. The number of ether oxygens (including phenoxy) is 1. The van der Waals surface area contributed by atoms with Crippen molar-refractivity contribution in [3.63, 3.8) is 0 Å². The molecule has 0 aromatic heterocycles. The molecule has 0 amide bonds. The van der Waals surface area contributed by atoms with Gasteiger partial charge < -0.3 is 15.8 Å². The number of hydrogen-bond donors (Lipinski definition) is 2. The van der Waals surface area contributed by atoms with Crippen LogP contribution in [-0.2, 0) is 9.53 Å². The number of nitrogens with zero attached hydrogens (tertiary/aromatic N) is 1. The average molecular weight is 239 g/mol. The molecule has 7 nitrogen and oxygen atoms in total. The molecule has 0 aliphatic carbocycles. The predicted octanol–water partition coefficient (Wildman–Crippen LogP) is 1.15. The van der Waals surface area contributed by atoms with Crippen LogP contribution in [0.1, 0.15) is 6.92 Å². The molecule has 0 atom stereocenters. The first-order valence-corrected chi connectivity index (χ1v) is 4.98. The third kappa shape index (κ3) is 3.63. The number of carbonyl (C=O) groups is 1. The van der Waals surface area contributed by atoms with E-state index in [0.717, 1.165) is 0 Å². The highest BCUT2D eigenvalue weighted by Crippen LogP contribution is 2.23. The fourth-order valence-corrected chi connectivity index (χ4v) is 1.20. The molecule has 1 rings (SSSR count). The zero-order chi connectivity index (χ0) is 12.8. The Morgan fingerprint density at radius 1 is 1.59 bits per heavy atom. The SMILES string of the molecule is CCOC(=O)CNc1ccc([N+](=O)[O-])cc1N. The van der Waals surface area contributed by atoms with Gasteiger partial charge in [-0.2, -0.15) is 0 Å². The number of nitrogens with one attached hydrogen (secondary N) is 1. The monoisotopic (exact) mass is 239 g/mol. The number of benzene rings is 1. The minimum Gasteiger partial charge on any atom is -0.465 e. The highest BCUT2D eigenvalue weighted by atomic mass is 16.6. The molecule has 0 aliphatic rings. The first kappa shape index (κ1) is 12.8. The van der Waals surface area contributed by atoms with E-state index in [0.29, 0.717) is 12.3 Å². The lowest BCUT2D eigenvalue weighted by molar-refractivity contribution is -0.384. The van der Waals surface area contributed by atoms with Gasteiger partial charge in [0.2, 0.25) is 0 Å². The van der Waals surface area contributed by atoms with Crippen LogP contribution in [0.25, 0.3) is 0 Å². The number of carbonyl (C=O) groups excluding carboxylic acids is 1. The van der Waals surface area contributed by atoms with Crippen LogP contribution >= 0.6 is 0 Å². The van der Waals surface area contributed by atoms with Crippen molar-refractivity contribution in [1.82, 2.24) is 0 Å². The van der Waals surface area contributed by atoms with Gasteiger partial charge in [0.05, 0.1) is 22.9 Å². The van der Waals surface area contributed by atoms with Crippen molar-refractivity contribution in [3.05, 3.63) is 28.3 Å². The fraction of sp³-hybridized carbons (Fsp3) is 0.300. The summed E-state index contributed by atoms with van der Waals surface area (Å²) in [5.74, 6) is -0.412. The predicted molar refractivity (Wildman–Crippen MR) is 62.6 cm³/mol. The Kier molecular flexibility index (Phi) is 4.27. The van der Waals surface area contributed by atoms with Gasteiger partial charge in [-0.05, 0) is 13.0 Å². The van der Waals surface area contributed by atoms with E-state index in [-0.39, 0.29) is 17.9 Å². The van der Waals surface area contributed by atoms with Crippen molar-refractivity contribution >= 4 is 23.0 Å². The van der Waals surface area contributed by atoms with Crippen LogP contribution in [0.15, 0.2) is 18.2 Å². The third-order valence-corrected chi connectivity index (χ3v) is 1.97. The highest BCUT2D eigenvalue weighted by Gasteiger charge is 2.09. The third-order valence-electron chi connectivity index (χ3n) is 1.97. The van der Waals surface area contributed by atoms with Crippen LogP contribution in [0, 0.1) is 10.1 Å². The summed E-state index contributed by atoms with van der Waals surface area (Å²) < 4.78 is 4.71. The van der Waals surface area contributed by atoms with Crippen LogP contribution < -0.4 is 11.1 Å². The van der Waals surface area contributed by atoms with E-state index in [1.165, 1.54) is 18.2 Å². The van der Waals surface area contributed by atoms with Crippen molar-refractivity contribution < 1.29 is 14.5 Å². The molecule has 3 N–H and O–H groups in total. The van der Waals surface area contributed by atoms with E-state index in [9.17, 15) is 14.9 Å². The molecular weight excluding hydrogens is 226 g/mol.